The predicted molar refractivity (Wildman–Crippen MR) is 58.7 cm³/mol. The third kappa shape index (κ3) is 2.46. The number of carbonyl (C=O) groups excluding carboxylic acids is 1. The van der Waals surface area contributed by atoms with Gasteiger partial charge in [0, 0.05) is 7.05 Å². The van der Waals surface area contributed by atoms with Crippen molar-refractivity contribution in [2.45, 2.75) is 13.0 Å². The number of furan rings is 1. The standard InChI is InChI=1S/C9H12ClN3O3/c1-5(8(11)12-15)13(2)9(14)6-3-4-7(10)16-6/h3-5,15H,1-2H3,(H2,11,12). The molecular weight excluding hydrogens is 234 g/mol. The molecule has 0 saturated heterocycles. The summed E-state index contributed by atoms with van der Waals surface area (Å²) in [4.78, 5) is 13.1. The van der Waals surface area contributed by atoms with E-state index < -0.39 is 11.9 Å². The first-order valence-electron chi connectivity index (χ1n) is 4.47. The maximum absolute atomic E-state index is 11.8. The first-order valence-corrected chi connectivity index (χ1v) is 4.85. The quantitative estimate of drug-likeness (QED) is 0.362. The molecule has 1 amide bonds. The van der Waals surface area contributed by atoms with E-state index in [0.717, 1.165) is 0 Å². The molecule has 0 aliphatic carbocycles. The van der Waals surface area contributed by atoms with Gasteiger partial charge in [-0.15, -0.1) is 0 Å². The van der Waals surface area contributed by atoms with Crippen molar-refractivity contribution in [3.05, 3.63) is 23.1 Å². The van der Waals surface area contributed by atoms with E-state index in [1.807, 2.05) is 0 Å². The molecule has 0 bridgehead atoms. The molecule has 88 valence electrons. The summed E-state index contributed by atoms with van der Waals surface area (Å²) >= 11 is 5.55. The van der Waals surface area contributed by atoms with E-state index >= 15 is 0 Å². The van der Waals surface area contributed by atoms with Gasteiger partial charge in [-0.2, -0.15) is 0 Å². The molecule has 16 heavy (non-hydrogen) atoms. The van der Waals surface area contributed by atoms with Crippen molar-refractivity contribution in [3.8, 4) is 0 Å². The largest absolute Gasteiger partial charge is 0.440 e. The highest BCUT2D eigenvalue weighted by atomic mass is 35.5. The normalized spacial score (nSPS) is 13.6. The molecule has 3 N–H and O–H groups in total. The Morgan fingerprint density at radius 3 is 2.75 bits per heavy atom. The minimum Gasteiger partial charge on any atom is -0.440 e. The number of halogens is 1. The Hall–Kier alpha value is -1.69. The maximum atomic E-state index is 11.8. The second kappa shape index (κ2) is 4.89. The number of hydrogen-bond donors (Lipinski definition) is 2. The van der Waals surface area contributed by atoms with Crippen molar-refractivity contribution in [2.75, 3.05) is 7.05 Å². The van der Waals surface area contributed by atoms with Gasteiger partial charge in [0.05, 0.1) is 6.04 Å². The lowest BCUT2D eigenvalue weighted by atomic mass is 10.2. The molecule has 0 saturated carbocycles. The monoisotopic (exact) mass is 245 g/mol. The van der Waals surface area contributed by atoms with Crippen molar-refractivity contribution in [3.63, 3.8) is 0 Å². The fraction of sp³-hybridized carbons (Fsp3) is 0.333. The molecule has 1 rings (SSSR count). The molecule has 0 spiro atoms. The Kier molecular flexibility index (Phi) is 3.78. The Labute approximate surface area is 97.3 Å². The Bertz CT molecular complexity index is 416. The van der Waals surface area contributed by atoms with Gasteiger partial charge in [-0.3, -0.25) is 4.79 Å². The van der Waals surface area contributed by atoms with Crippen LogP contribution in [0.25, 0.3) is 0 Å². The summed E-state index contributed by atoms with van der Waals surface area (Å²) in [5.41, 5.74) is 5.39. The van der Waals surface area contributed by atoms with Crippen LogP contribution in [0.3, 0.4) is 0 Å². The average Bonchev–Trinajstić information content (AvgIpc) is 2.71. The lowest BCUT2D eigenvalue weighted by molar-refractivity contribution is 0.0744. The van der Waals surface area contributed by atoms with Gasteiger partial charge in [-0.1, -0.05) is 5.16 Å². The zero-order valence-electron chi connectivity index (χ0n) is 8.85. The minimum atomic E-state index is -0.540. The van der Waals surface area contributed by atoms with Crippen molar-refractivity contribution < 1.29 is 14.4 Å². The zero-order chi connectivity index (χ0) is 12.3. The van der Waals surface area contributed by atoms with Gasteiger partial charge in [0.15, 0.2) is 16.8 Å². The van der Waals surface area contributed by atoms with Gasteiger partial charge in [0.25, 0.3) is 5.91 Å². The number of rotatable bonds is 3. The Morgan fingerprint density at radius 2 is 2.31 bits per heavy atom. The smallest absolute Gasteiger partial charge is 0.289 e. The highest BCUT2D eigenvalue weighted by molar-refractivity contribution is 6.29. The maximum Gasteiger partial charge on any atom is 0.289 e. The summed E-state index contributed by atoms with van der Waals surface area (Å²) < 4.78 is 4.96. The molecule has 7 heteroatoms. The molecule has 0 aromatic carbocycles. The Morgan fingerprint density at radius 1 is 1.69 bits per heavy atom. The number of oxime groups is 1. The highest BCUT2D eigenvalue weighted by Crippen LogP contribution is 2.15. The van der Waals surface area contributed by atoms with Crippen molar-refractivity contribution >= 4 is 23.3 Å². The van der Waals surface area contributed by atoms with E-state index in [9.17, 15) is 4.79 Å². The van der Waals surface area contributed by atoms with Crippen LogP contribution in [0.2, 0.25) is 5.22 Å². The summed E-state index contributed by atoms with van der Waals surface area (Å²) in [5.74, 6) is -0.357. The molecule has 0 fully saturated rings. The number of nitrogens with two attached hydrogens (primary N) is 1. The van der Waals surface area contributed by atoms with Gasteiger partial charge in [-0.05, 0) is 30.7 Å². The third-order valence-electron chi connectivity index (χ3n) is 2.23. The molecule has 0 radical (unpaired) electrons. The van der Waals surface area contributed by atoms with E-state index in [4.69, 9.17) is 27.0 Å². The van der Waals surface area contributed by atoms with Gasteiger partial charge < -0.3 is 20.3 Å². The van der Waals surface area contributed by atoms with E-state index in [2.05, 4.69) is 5.16 Å². The SMILES string of the molecule is CC(/C(N)=N/O)N(C)C(=O)c1ccc(Cl)o1. The first-order chi connectivity index (χ1) is 7.47. The van der Waals surface area contributed by atoms with Crippen LogP contribution in [0.5, 0.6) is 0 Å². The highest BCUT2D eigenvalue weighted by Gasteiger charge is 2.22. The molecule has 6 nitrogen and oxygen atoms in total. The first kappa shape index (κ1) is 12.4. The molecule has 0 aliphatic heterocycles. The second-order valence-corrected chi connectivity index (χ2v) is 3.59. The zero-order valence-corrected chi connectivity index (χ0v) is 9.60. The number of amidine groups is 1. The summed E-state index contributed by atoms with van der Waals surface area (Å²) in [7, 11) is 1.52. The van der Waals surface area contributed by atoms with Crippen molar-refractivity contribution in [1.29, 1.82) is 0 Å². The number of nitrogens with zero attached hydrogens (tertiary/aromatic N) is 2. The Balaban J connectivity index is 2.82. The number of hydrogen-bond acceptors (Lipinski definition) is 4. The van der Waals surface area contributed by atoms with Gasteiger partial charge in [0.2, 0.25) is 0 Å². The van der Waals surface area contributed by atoms with Crippen LogP contribution < -0.4 is 5.73 Å². The summed E-state index contributed by atoms with van der Waals surface area (Å²) in [5, 5.41) is 11.5. The predicted octanol–water partition coefficient (Wildman–Crippen LogP) is 1.14. The summed E-state index contributed by atoms with van der Waals surface area (Å²) in [6, 6.07) is 2.39. The van der Waals surface area contributed by atoms with Gasteiger partial charge in [-0.25, -0.2) is 0 Å². The van der Waals surface area contributed by atoms with Crippen LogP contribution in [0.4, 0.5) is 0 Å². The fourth-order valence-corrected chi connectivity index (χ4v) is 1.21. The summed E-state index contributed by atoms with van der Waals surface area (Å²) in [6.45, 7) is 1.62. The van der Waals surface area contributed by atoms with Crippen LogP contribution in [-0.4, -0.2) is 34.9 Å². The van der Waals surface area contributed by atoms with E-state index in [1.54, 1.807) is 6.92 Å². The van der Waals surface area contributed by atoms with Crippen LogP contribution in [-0.2, 0) is 0 Å². The molecule has 1 atom stereocenters. The third-order valence-corrected chi connectivity index (χ3v) is 2.43. The molecular formula is C9H12ClN3O3. The number of amides is 1. The van der Waals surface area contributed by atoms with Crippen molar-refractivity contribution in [1.82, 2.24) is 4.90 Å². The lowest BCUT2D eigenvalue weighted by Crippen LogP contribution is -2.43. The van der Waals surface area contributed by atoms with Crippen molar-refractivity contribution in [2.24, 2.45) is 10.9 Å². The fourth-order valence-electron chi connectivity index (χ4n) is 1.06. The van der Waals surface area contributed by atoms with Crippen LogP contribution in [0.15, 0.2) is 21.7 Å². The lowest BCUT2D eigenvalue weighted by Gasteiger charge is -2.22. The van der Waals surface area contributed by atoms with E-state index in [1.165, 1.54) is 24.1 Å². The number of likely N-dealkylation sites (N-methyl/N-ethyl adjacent to an activating group) is 1. The number of carbonyl (C=O) groups is 1. The van der Waals surface area contributed by atoms with Gasteiger partial charge in [0.1, 0.15) is 0 Å². The van der Waals surface area contributed by atoms with E-state index in [-0.39, 0.29) is 16.8 Å². The minimum absolute atomic E-state index is 0.0616. The molecule has 1 unspecified atom stereocenters. The van der Waals surface area contributed by atoms with Gasteiger partial charge >= 0.3 is 0 Å². The molecule has 1 aromatic rings. The average molecular weight is 246 g/mol. The van der Waals surface area contributed by atoms with Crippen LogP contribution in [0.1, 0.15) is 17.5 Å². The second-order valence-electron chi connectivity index (χ2n) is 3.22. The molecule has 0 aliphatic rings. The van der Waals surface area contributed by atoms with Crippen LogP contribution in [0, 0.1) is 0 Å². The summed E-state index contributed by atoms with van der Waals surface area (Å²) in [6.07, 6.45) is 0. The molecule has 1 aromatic heterocycles. The topological polar surface area (TPSA) is 92.1 Å². The van der Waals surface area contributed by atoms with E-state index in [0.29, 0.717) is 0 Å². The van der Waals surface area contributed by atoms with Crippen LogP contribution >= 0.6 is 11.6 Å². The molecule has 1 heterocycles.